The van der Waals surface area contributed by atoms with Gasteiger partial charge in [-0.3, -0.25) is 10.1 Å². The molecule has 1 atom stereocenters. The molecule has 1 saturated heterocycles. The molecular formula is C20H20N8OS. The third-order valence-corrected chi connectivity index (χ3v) is 5.97. The summed E-state index contributed by atoms with van der Waals surface area (Å²) in [6, 6.07) is 14.2. The second kappa shape index (κ2) is 8.07. The lowest BCUT2D eigenvalue weighted by Gasteiger charge is -2.25. The molecule has 2 N–H and O–H groups in total. The standard InChI is InChI=1S/C20H20N8OS/c29-19(17-9-4-10-27(17)12-18-23-25-26-24-18)22-20-21-15(13-30-20)16-8-5-11-28(16)14-6-2-1-3-7-14/h1-4,6-7,9-10,13,16H,5,8,11-12H2,(H,21,22,29)(H,23,24,25,26)/t16-/m1/s1. The molecule has 0 unspecified atom stereocenters. The highest BCUT2D eigenvalue weighted by atomic mass is 32.1. The van der Waals surface area contributed by atoms with Gasteiger partial charge in [-0.1, -0.05) is 18.2 Å². The maximum atomic E-state index is 12.8. The van der Waals surface area contributed by atoms with Gasteiger partial charge in [0.05, 0.1) is 18.3 Å². The number of aromatic nitrogens is 6. The lowest BCUT2D eigenvalue weighted by atomic mass is 10.1. The second-order valence-corrected chi connectivity index (χ2v) is 7.95. The van der Waals surface area contributed by atoms with Crippen molar-refractivity contribution in [3.63, 3.8) is 0 Å². The Labute approximate surface area is 176 Å². The van der Waals surface area contributed by atoms with Gasteiger partial charge >= 0.3 is 0 Å². The van der Waals surface area contributed by atoms with E-state index < -0.39 is 0 Å². The summed E-state index contributed by atoms with van der Waals surface area (Å²) >= 11 is 1.45. The van der Waals surface area contributed by atoms with Crippen molar-refractivity contribution in [2.75, 3.05) is 16.8 Å². The van der Waals surface area contributed by atoms with E-state index in [2.05, 4.69) is 55.1 Å². The van der Waals surface area contributed by atoms with Gasteiger partial charge in [-0.25, -0.2) is 10.1 Å². The van der Waals surface area contributed by atoms with E-state index in [0.717, 1.165) is 25.1 Å². The van der Waals surface area contributed by atoms with E-state index >= 15 is 0 Å². The minimum absolute atomic E-state index is 0.209. The van der Waals surface area contributed by atoms with Crippen molar-refractivity contribution in [2.45, 2.75) is 25.4 Å². The monoisotopic (exact) mass is 420 g/mol. The van der Waals surface area contributed by atoms with Crippen LogP contribution in [-0.2, 0) is 6.54 Å². The van der Waals surface area contributed by atoms with Gasteiger partial charge in [0.25, 0.3) is 5.91 Å². The Balaban J connectivity index is 1.30. The summed E-state index contributed by atoms with van der Waals surface area (Å²) in [5, 5.41) is 19.3. The van der Waals surface area contributed by atoms with Gasteiger partial charge in [-0.05, 0) is 47.5 Å². The molecule has 0 saturated carbocycles. The average Bonchev–Trinajstić information content (AvgIpc) is 3.56. The molecule has 1 aliphatic heterocycles. The summed E-state index contributed by atoms with van der Waals surface area (Å²) < 4.78 is 1.79. The van der Waals surface area contributed by atoms with Crippen molar-refractivity contribution in [2.24, 2.45) is 0 Å². The van der Waals surface area contributed by atoms with Crippen molar-refractivity contribution in [3.05, 3.63) is 71.3 Å². The number of nitrogens with one attached hydrogen (secondary N) is 2. The van der Waals surface area contributed by atoms with Crippen LogP contribution in [-0.4, -0.2) is 42.6 Å². The maximum absolute atomic E-state index is 12.8. The van der Waals surface area contributed by atoms with E-state index in [-0.39, 0.29) is 11.9 Å². The largest absolute Gasteiger partial charge is 0.363 e. The Kier molecular flexibility index (Phi) is 4.98. The minimum Gasteiger partial charge on any atom is -0.363 e. The number of benzene rings is 1. The normalized spacial score (nSPS) is 16.1. The van der Waals surface area contributed by atoms with Crippen LogP contribution in [0.3, 0.4) is 0 Å². The molecule has 1 amide bonds. The molecule has 0 radical (unpaired) electrons. The minimum atomic E-state index is -0.209. The smallest absolute Gasteiger partial charge is 0.274 e. The molecule has 1 aliphatic rings. The van der Waals surface area contributed by atoms with Crippen molar-refractivity contribution in [3.8, 4) is 0 Å². The van der Waals surface area contributed by atoms with E-state index in [0.29, 0.717) is 23.2 Å². The molecule has 0 bridgehead atoms. The first kappa shape index (κ1) is 18.5. The fraction of sp³-hybridized carbons (Fsp3) is 0.250. The predicted octanol–water partition coefficient (Wildman–Crippen LogP) is 3.10. The van der Waals surface area contributed by atoms with Crippen LogP contribution in [0.2, 0.25) is 0 Å². The number of hydrogen-bond acceptors (Lipinski definition) is 7. The summed E-state index contributed by atoms with van der Waals surface area (Å²) in [6.45, 7) is 1.40. The molecular weight excluding hydrogens is 400 g/mol. The summed E-state index contributed by atoms with van der Waals surface area (Å²) in [5.41, 5.74) is 2.73. The predicted molar refractivity (Wildman–Crippen MR) is 114 cm³/mol. The molecule has 1 fully saturated rings. The van der Waals surface area contributed by atoms with Gasteiger partial charge in [0.15, 0.2) is 11.0 Å². The van der Waals surface area contributed by atoms with Gasteiger partial charge < -0.3 is 9.47 Å². The van der Waals surface area contributed by atoms with Crippen LogP contribution in [0.5, 0.6) is 0 Å². The molecule has 4 aromatic rings. The summed E-state index contributed by atoms with van der Waals surface area (Å²) in [7, 11) is 0. The molecule has 0 spiro atoms. The van der Waals surface area contributed by atoms with Crippen LogP contribution in [0.4, 0.5) is 10.8 Å². The zero-order chi connectivity index (χ0) is 20.3. The van der Waals surface area contributed by atoms with Crippen LogP contribution >= 0.6 is 11.3 Å². The Hall–Kier alpha value is -3.53. The van der Waals surface area contributed by atoms with Crippen molar-refractivity contribution < 1.29 is 4.79 Å². The average molecular weight is 421 g/mol. The third kappa shape index (κ3) is 3.69. The lowest BCUT2D eigenvalue weighted by molar-refractivity contribution is 0.101. The number of thiazole rings is 1. The Morgan fingerprint density at radius 1 is 1.23 bits per heavy atom. The molecule has 9 nitrogen and oxygen atoms in total. The Morgan fingerprint density at radius 3 is 2.97 bits per heavy atom. The SMILES string of the molecule is O=C(Nc1nc([C@H]2CCCN2c2ccccc2)cs1)c1cccn1Cc1nnn[nH]1. The first-order valence-corrected chi connectivity index (χ1v) is 10.6. The van der Waals surface area contributed by atoms with Gasteiger partial charge in [-0.2, -0.15) is 0 Å². The van der Waals surface area contributed by atoms with Crippen molar-refractivity contribution >= 4 is 28.1 Å². The molecule has 4 heterocycles. The summed E-state index contributed by atoms with van der Waals surface area (Å²) in [5.74, 6) is 0.374. The molecule has 3 aromatic heterocycles. The quantitative estimate of drug-likeness (QED) is 0.497. The number of carbonyl (C=O) groups is 1. The van der Waals surface area contributed by atoms with E-state index in [9.17, 15) is 4.79 Å². The maximum Gasteiger partial charge on any atom is 0.274 e. The Morgan fingerprint density at radius 2 is 2.13 bits per heavy atom. The second-order valence-electron chi connectivity index (χ2n) is 7.09. The fourth-order valence-electron chi connectivity index (χ4n) is 3.83. The van der Waals surface area contributed by atoms with Gasteiger partial charge in [0.1, 0.15) is 5.69 Å². The van der Waals surface area contributed by atoms with E-state index in [1.165, 1.54) is 17.0 Å². The van der Waals surface area contributed by atoms with E-state index in [1.54, 1.807) is 10.6 Å². The molecule has 10 heteroatoms. The fourth-order valence-corrected chi connectivity index (χ4v) is 4.58. The van der Waals surface area contributed by atoms with Gasteiger partial charge in [-0.15, -0.1) is 16.4 Å². The van der Waals surface area contributed by atoms with Crippen LogP contribution in [0.15, 0.2) is 54.0 Å². The summed E-state index contributed by atoms with van der Waals surface area (Å²) in [6.07, 6.45) is 4.00. The zero-order valence-corrected chi connectivity index (χ0v) is 16.9. The third-order valence-electron chi connectivity index (χ3n) is 5.20. The van der Waals surface area contributed by atoms with Crippen LogP contribution in [0.25, 0.3) is 0 Å². The Bertz CT molecular complexity index is 1120. The first-order chi connectivity index (χ1) is 14.8. The lowest BCUT2D eigenvalue weighted by Crippen LogP contribution is -2.22. The number of tetrazole rings is 1. The number of amides is 1. The van der Waals surface area contributed by atoms with Crippen molar-refractivity contribution in [1.29, 1.82) is 0 Å². The molecule has 5 rings (SSSR count). The highest BCUT2D eigenvalue weighted by Crippen LogP contribution is 2.37. The molecule has 1 aromatic carbocycles. The number of anilines is 2. The van der Waals surface area contributed by atoms with Gasteiger partial charge in [0.2, 0.25) is 0 Å². The van der Waals surface area contributed by atoms with E-state index in [1.807, 2.05) is 23.7 Å². The van der Waals surface area contributed by atoms with Crippen LogP contribution in [0, 0.1) is 0 Å². The zero-order valence-electron chi connectivity index (χ0n) is 16.1. The van der Waals surface area contributed by atoms with Crippen LogP contribution < -0.4 is 10.2 Å². The van der Waals surface area contributed by atoms with E-state index in [4.69, 9.17) is 4.98 Å². The number of hydrogen-bond donors (Lipinski definition) is 2. The van der Waals surface area contributed by atoms with Gasteiger partial charge in [0, 0.05) is 23.8 Å². The molecule has 152 valence electrons. The highest BCUT2D eigenvalue weighted by molar-refractivity contribution is 7.14. The first-order valence-electron chi connectivity index (χ1n) is 9.74. The van der Waals surface area contributed by atoms with Crippen molar-refractivity contribution in [1.82, 2.24) is 30.2 Å². The van der Waals surface area contributed by atoms with Crippen LogP contribution in [0.1, 0.15) is 40.9 Å². The highest BCUT2D eigenvalue weighted by Gasteiger charge is 2.28. The number of rotatable bonds is 6. The molecule has 30 heavy (non-hydrogen) atoms. The topological polar surface area (TPSA) is 105 Å². The number of carbonyl (C=O) groups excluding carboxylic acids is 1. The number of nitrogens with zero attached hydrogens (tertiary/aromatic N) is 6. The number of aromatic amines is 1. The number of H-pyrrole nitrogens is 1. The summed E-state index contributed by atoms with van der Waals surface area (Å²) in [4.78, 5) is 19.9. The molecule has 0 aliphatic carbocycles. The number of para-hydroxylation sites is 1.